The van der Waals surface area contributed by atoms with Crippen LogP contribution in [0.1, 0.15) is 17.3 Å². The van der Waals surface area contributed by atoms with Gasteiger partial charge in [-0.25, -0.2) is 4.98 Å². The van der Waals surface area contributed by atoms with Crippen LogP contribution in [0.2, 0.25) is 0 Å². The summed E-state index contributed by atoms with van der Waals surface area (Å²) in [4.78, 5) is 16.9. The lowest BCUT2D eigenvalue weighted by molar-refractivity contribution is 0.243. The average molecular weight is 309 g/mol. The second-order valence-electron chi connectivity index (χ2n) is 5.44. The van der Waals surface area contributed by atoms with Crippen LogP contribution in [0.15, 0.2) is 59.4 Å². The third-order valence-electron chi connectivity index (χ3n) is 3.95. The van der Waals surface area contributed by atoms with E-state index < -0.39 is 0 Å². The van der Waals surface area contributed by atoms with Crippen molar-refractivity contribution >= 4 is 11.0 Å². The van der Waals surface area contributed by atoms with Crippen LogP contribution >= 0.6 is 0 Å². The smallest absolute Gasteiger partial charge is 0.273 e. The molecule has 0 aliphatic heterocycles. The van der Waals surface area contributed by atoms with Crippen molar-refractivity contribution < 1.29 is 5.11 Å². The monoisotopic (exact) mass is 309 g/mol. The summed E-state index contributed by atoms with van der Waals surface area (Å²) in [5.74, 6) is 0. The first-order valence-corrected chi connectivity index (χ1v) is 7.54. The molecule has 118 valence electrons. The summed E-state index contributed by atoms with van der Waals surface area (Å²) in [7, 11) is 1.75. The predicted octanol–water partition coefficient (Wildman–Crippen LogP) is 1.76. The summed E-state index contributed by atoms with van der Waals surface area (Å²) in [5.41, 5.74) is 2.89. The minimum absolute atomic E-state index is 0.0437. The molecule has 1 atom stereocenters. The van der Waals surface area contributed by atoms with Gasteiger partial charge in [0.1, 0.15) is 5.69 Å². The molecule has 5 heteroatoms. The molecule has 0 amide bonds. The molecule has 0 saturated carbocycles. The van der Waals surface area contributed by atoms with Crippen molar-refractivity contribution in [2.45, 2.75) is 12.6 Å². The number of aliphatic hydroxyl groups excluding tert-OH is 1. The van der Waals surface area contributed by atoms with Gasteiger partial charge in [0.25, 0.3) is 5.56 Å². The third-order valence-corrected chi connectivity index (χ3v) is 3.95. The van der Waals surface area contributed by atoms with Crippen molar-refractivity contribution in [1.29, 1.82) is 0 Å². The molecule has 1 aromatic heterocycles. The fraction of sp³-hybridized carbons (Fsp3) is 0.222. The quantitative estimate of drug-likeness (QED) is 0.753. The summed E-state index contributed by atoms with van der Waals surface area (Å²) in [6, 6.07) is 17.0. The highest BCUT2D eigenvalue weighted by molar-refractivity contribution is 5.74. The molecule has 2 aromatic carbocycles. The van der Waals surface area contributed by atoms with E-state index in [-0.39, 0.29) is 18.2 Å². The van der Waals surface area contributed by atoms with Gasteiger partial charge in [-0.1, -0.05) is 42.5 Å². The van der Waals surface area contributed by atoms with Gasteiger partial charge in [0.15, 0.2) is 0 Å². The SMILES string of the molecule is Cn1c(=O)c(CN[C@H](CO)c2ccccc2)nc2ccccc21. The molecule has 2 N–H and O–H groups in total. The molecular formula is C18H19N3O2. The van der Waals surface area contributed by atoms with Crippen LogP contribution in [-0.2, 0) is 13.6 Å². The first kappa shape index (κ1) is 15.4. The molecule has 23 heavy (non-hydrogen) atoms. The molecule has 0 radical (unpaired) electrons. The summed E-state index contributed by atoms with van der Waals surface area (Å²) in [5, 5.41) is 12.8. The van der Waals surface area contributed by atoms with E-state index in [9.17, 15) is 9.90 Å². The summed E-state index contributed by atoms with van der Waals surface area (Å²) >= 11 is 0. The Balaban J connectivity index is 1.87. The van der Waals surface area contributed by atoms with Crippen LogP contribution in [0.3, 0.4) is 0 Å². The van der Waals surface area contributed by atoms with E-state index in [0.29, 0.717) is 12.2 Å². The topological polar surface area (TPSA) is 67.2 Å². The zero-order chi connectivity index (χ0) is 16.2. The lowest BCUT2D eigenvalue weighted by atomic mass is 10.1. The van der Waals surface area contributed by atoms with Crippen molar-refractivity contribution in [2.24, 2.45) is 7.05 Å². The van der Waals surface area contributed by atoms with Crippen molar-refractivity contribution in [3.8, 4) is 0 Å². The number of nitrogens with zero attached hydrogens (tertiary/aromatic N) is 2. The maximum atomic E-state index is 12.4. The van der Waals surface area contributed by atoms with Gasteiger partial charge in [-0.05, 0) is 17.7 Å². The number of benzene rings is 2. The number of hydrogen-bond acceptors (Lipinski definition) is 4. The highest BCUT2D eigenvalue weighted by Gasteiger charge is 2.13. The minimum atomic E-state index is -0.228. The number of nitrogens with one attached hydrogen (secondary N) is 1. The largest absolute Gasteiger partial charge is 0.394 e. The number of fused-ring (bicyclic) bond motifs is 1. The summed E-state index contributed by atoms with van der Waals surface area (Å²) in [6.07, 6.45) is 0. The van der Waals surface area contributed by atoms with Crippen molar-refractivity contribution in [1.82, 2.24) is 14.9 Å². The van der Waals surface area contributed by atoms with Gasteiger partial charge in [-0.15, -0.1) is 0 Å². The Morgan fingerprint density at radius 3 is 2.57 bits per heavy atom. The molecule has 0 aliphatic carbocycles. The number of aromatic nitrogens is 2. The Hall–Kier alpha value is -2.50. The maximum Gasteiger partial charge on any atom is 0.273 e. The predicted molar refractivity (Wildman–Crippen MR) is 90.1 cm³/mol. The molecule has 0 unspecified atom stereocenters. The Bertz CT molecular complexity index is 859. The van der Waals surface area contributed by atoms with Crippen LogP contribution < -0.4 is 10.9 Å². The van der Waals surface area contributed by atoms with Crippen LogP contribution in [0.4, 0.5) is 0 Å². The molecule has 0 spiro atoms. The van der Waals surface area contributed by atoms with Crippen molar-refractivity contribution in [2.75, 3.05) is 6.61 Å². The lowest BCUT2D eigenvalue weighted by Gasteiger charge is -2.16. The number of para-hydroxylation sites is 2. The van der Waals surface area contributed by atoms with Gasteiger partial charge in [-0.2, -0.15) is 0 Å². The van der Waals surface area contributed by atoms with Crippen LogP contribution in [0.5, 0.6) is 0 Å². The molecule has 0 bridgehead atoms. The average Bonchev–Trinajstić information content (AvgIpc) is 2.60. The van der Waals surface area contributed by atoms with E-state index in [4.69, 9.17) is 0 Å². The van der Waals surface area contributed by atoms with Crippen LogP contribution in [0.25, 0.3) is 11.0 Å². The van der Waals surface area contributed by atoms with E-state index >= 15 is 0 Å². The number of hydrogen-bond donors (Lipinski definition) is 2. The molecule has 0 saturated heterocycles. The molecule has 1 heterocycles. The Morgan fingerprint density at radius 2 is 1.83 bits per heavy atom. The van der Waals surface area contributed by atoms with Gasteiger partial charge in [0.05, 0.1) is 23.7 Å². The van der Waals surface area contributed by atoms with E-state index in [2.05, 4.69) is 10.3 Å². The highest BCUT2D eigenvalue weighted by Crippen LogP contribution is 2.13. The number of aliphatic hydroxyl groups is 1. The minimum Gasteiger partial charge on any atom is -0.394 e. The van der Waals surface area contributed by atoms with Gasteiger partial charge >= 0.3 is 0 Å². The van der Waals surface area contributed by atoms with E-state index in [1.54, 1.807) is 11.6 Å². The Morgan fingerprint density at radius 1 is 1.13 bits per heavy atom. The Labute approximate surface area is 134 Å². The fourth-order valence-corrected chi connectivity index (χ4v) is 2.65. The molecule has 0 fully saturated rings. The molecule has 0 aliphatic rings. The number of rotatable bonds is 5. The van der Waals surface area contributed by atoms with Crippen LogP contribution in [-0.4, -0.2) is 21.3 Å². The fourth-order valence-electron chi connectivity index (χ4n) is 2.65. The van der Waals surface area contributed by atoms with Gasteiger partial charge < -0.3 is 15.0 Å². The van der Waals surface area contributed by atoms with Crippen LogP contribution in [0, 0.1) is 0 Å². The standard InChI is InChI=1S/C18H19N3O2/c1-21-17-10-6-5-9-14(17)20-15(18(21)23)11-19-16(12-22)13-7-3-2-4-8-13/h2-10,16,19,22H,11-12H2,1H3/t16-/m1/s1. The first-order valence-electron chi connectivity index (χ1n) is 7.54. The van der Waals surface area contributed by atoms with E-state index in [0.717, 1.165) is 16.6 Å². The van der Waals surface area contributed by atoms with Gasteiger partial charge in [-0.3, -0.25) is 4.79 Å². The maximum absolute atomic E-state index is 12.4. The summed E-state index contributed by atoms with van der Waals surface area (Å²) in [6.45, 7) is 0.259. The molecule has 3 aromatic rings. The third kappa shape index (κ3) is 3.16. The van der Waals surface area contributed by atoms with E-state index in [1.807, 2.05) is 54.6 Å². The zero-order valence-corrected chi connectivity index (χ0v) is 12.9. The zero-order valence-electron chi connectivity index (χ0n) is 12.9. The molecular weight excluding hydrogens is 290 g/mol. The number of aryl methyl sites for hydroxylation is 1. The first-order chi connectivity index (χ1) is 11.2. The summed E-state index contributed by atoms with van der Waals surface area (Å²) < 4.78 is 1.61. The highest BCUT2D eigenvalue weighted by atomic mass is 16.3. The van der Waals surface area contributed by atoms with Gasteiger partial charge in [0.2, 0.25) is 0 Å². The van der Waals surface area contributed by atoms with Crippen molar-refractivity contribution in [3.05, 3.63) is 76.2 Å². The van der Waals surface area contributed by atoms with E-state index in [1.165, 1.54) is 0 Å². The second kappa shape index (κ2) is 6.73. The second-order valence-corrected chi connectivity index (χ2v) is 5.44. The molecule has 3 rings (SSSR count). The van der Waals surface area contributed by atoms with Gasteiger partial charge in [0, 0.05) is 13.6 Å². The lowest BCUT2D eigenvalue weighted by Crippen LogP contribution is -2.30. The normalized spacial score (nSPS) is 12.4. The molecule has 5 nitrogen and oxygen atoms in total. The van der Waals surface area contributed by atoms with Crippen molar-refractivity contribution in [3.63, 3.8) is 0 Å². The Kier molecular flexibility index (Phi) is 4.50.